The Morgan fingerprint density at radius 2 is 2.19 bits per heavy atom. The van der Waals surface area contributed by atoms with Gasteiger partial charge in [-0.1, -0.05) is 0 Å². The first-order valence-electron chi connectivity index (χ1n) is 11.8. The van der Waals surface area contributed by atoms with Gasteiger partial charge < -0.3 is 19.7 Å². The molecule has 3 aromatic rings. The minimum Gasteiger partial charge on any atom is -0.393 e. The molecule has 0 bridgehead atoms. The fourth-order valence-corrected chi connectivity index (χ4v) is 6.11. The molecule has 0 saturated heterocycles. The Labute approximate surface area is 218 Å². The topological polar surface area (TPSA) is 172 Å². The molecule has 0 aromatic carbocycles. The van der Waals surface area contributed by atoms with Crippen LogP contribution in [0.15, 0.2) is 24.0 Å². The number of hydrogen-bond donors (Lipinski definition) is 3. The second kappa shape index (κ2) is 10.2. The Morgan fingerprint density at radius 3 is 2.97 bits per heavy atom. The van der Waals surface area contributed by atoms with Crippen LogP contribution in [0, 0.1) is 19.8 Å². The Balaban J connectivity index is 1.32. The van der Waals surface area contributed by atoms with Gasteiger partial charge in [0.1, 0.15) is 24.1 Å². The first-order valence-corrected chi connectivity index (χ1v) is 14.2. The van der Waals surface area contributed by atoms with E-state index in [2.05, 4.69) is 29.0 Å². The number of aliphatic hydroxyl groups is 1. The molecule has 4 N–H and O–H groups in total. The van der Waals surface area contributed by atoms with Crippen LogP contribution in [-0.2, 0) is 25.8 Å². The van der Waals surface area contributed by atoms with Gasteiger partial charge in [-0.3, -0.25) is 8.98 Å². The Morgan fingerprint density at radius 1 is 1.38 bits per heavy atom. The number of carbonyl (C=O) groups excluding carboxylic acids is 1. The summed E-state index contributed by atoms with van der Waals surface area (Å²) >= 11 is 1.32. The summed E-state index contributed by atoms with van der Waals surface area (Å²) in [5, 5.41) is 20.3. The number of aliphatic hydroxyl groups excluding tert-OH is 1. The van der Waals surface area contributed by atoms with Gasteiger partial charge in [-0.2, -0.15) is 8.42 Å². The Bertz CT molecular complexity index is 1420. The fourth-order valence-electron chi connectivity index (χ4n) is 4.87. The van der Waals surface area contributed by atoms with Gasteiger partial charge in [0.05, 0.1) is 35.5 Å². The van der Waals surface area contributed by atoms with Gasteiger partial charge in [0.15, 0.2) is 0 Å². The van der Waals surface area contributed by atoms with Gasteiger partial charge in [0.25, 0.3) is 0 Å². The van der Waals surface area contributed by atoms with Crippen LogP contribution in [0.3, 0.4) is 0 Å². The molecule has 1 aliphatic heterocycles. The maximum atomic E-state index is 13.5. The van der Waals surface area contributed by atoms with Crippen molar-refractivity contribution >= 4 is 33.2 Å². The van der Waals surface area contributed by atoms with Crippen LogP contribution in [0.4, 0.5) is 5.82 Å². The third-order valence-electron chi connectivity index (χ3n) is 6.87. The third kappa shape index (κ3) is 5.44. The molecule has 5 rings (SSSR count). The van der Waals surface area contributed by atoms with Gasteiger partial charge in [0, 0.05) is 30.4 Å². The number of ether oxygens (including phenoxy) is 1. The van der Waals surface area contributed by atoms with E-state index in [9.17, 15) is 18.3 Å². The lowest BCUT2D eigenvalue weighted by molar-refractivity contribution is 0.0426. The lowest BCUT2D eigenvalue weighted by atomic mass is 10.1. The number of rotatable bonds is 8. The molecule has 4 atom stereocenters. The second-order valence-corrected chi connectivity index (χ2v) is 11.5. The van der Waals surface area contributed by atoms with Crippen molar-refractivity contribution in [1.29, 1.82) is 0 Å². The number of anilines is 1. The van der Waals surface area contributed by atoms with Crippen LogP contribution in [0.5, 0.6) is 0 Å². The lowest BCUT2D eigenvalue weighted by Crippen LogP contribution is -2.24. The van der Waals surface area contributed by atoms with Crippen LogP contribution >= 0.6 is 11.3 Å². The molecular formula is C23H28N6O6S2. The van der Waals surface area contributed by atoms with E-state index in [0.29, 0.717) is 35.7 Å². The average molecular weight is 549 g/mol. The van der Waals surface area contributed by atoms with Gasteiger partial charge in [-0.25, -0.2) is 20.1 Å². The van der Waals surface area contributed by atoms with E-state index in [1.54, 1.807) is 0 Å². The van der Waals surface area contributed by atoms with E-state index >= 15 is 0 Å². The normalized spacial score (nSPS) is 23.7. The molecule has 0 radical (unpaired) electrons. The molecule has 1 aliphatic carbocycles. The van der Waals surface area contributed by atoms with Gasteiger partial charge >= 0.3 is 10.3 Å². The third-order valence-corrected chi connectivity index (χ3v) is 8.28. The van der Waals surface area contributed by atoms with E-state index in [-0.39, 0.29) is 24.5 Å². The number of nitrogens with two attached hydrogens (primary N) is 1. The predicted molar refractivity (Wildman–Crippen MR) is 134 cm³/mol. The zero-order valence-electron chi connectivity index (χ0n) is 20.3. The molecule has 1 saturated carbocycles. The molecule has 1 unspecified atom stereocenters. The molecule has 0 spiro atoms. The van der Waals surface area contributed by atoms with Crippen molar-refractivity contribution in [2.45, 2.75) is 51.5 Å². The quantitative estimate of drug-likeness (QED) is 0.350. The molecule has 3 aromatic heterocycles. The zero-order valence-corrected chi connectivity index (χ0v) is 22.0. The fraction of sp³-hybridized carbons (Fsp3) is 0.478. The number of aryl methyl sites for hydroxylation is 1. The summed E-state index contributed by atoms with van der Waals surface area (Å²) in [7, 11) is -4.09. The molecule has 2 aliphatic rings. The minimum absolute atomic E-state index is 0.216. The van der Waals surface area contributed by atoms with Crippen molar-refractivity contribution in [2.75, 3.05) is 18.5 Å². The maximum absolute atomic E-state index is 13.5. The van der Waals surface area contributed by atoms with Crippen LogP contribution < -0.4 is 10.5 Å². The number of carbonyl (C=O) groups is 1. The van der Waals surface area contributed by atoms with Gasteiger partial charge in [-0.15, -0.1) is 11.3 Å². The summed E-state index contributed by atoms with van der Waals surface area (Å²) in [6.45, 7) is 5.11. The lowest BCUT2D eigenvalue weighted by Gasteiger charge is -2.24. The first-order chi connectivity index (χ1) is 17.6. The zero-order chi connectivity index (χ0) is 26.3. The smallest absolute Gasteiger partial charge is 0.333 e. The Hall–Kier alpha value is -2.75. The molecule has 37 heavy (non-hydrogen) atoms. The maximum Gasteiger partial charge on any atom is 0.333 e. The SMILES string of the molecule is Cc1nc2n(c1C)CCOC2c1csc(C(=O)c2cncnc2N[C@@H]2C[C@H](COS(N)(=O)=O)[C@@H](O)C2)c1. The number of hydrogen-bond acceptors (Lipinski definition) is 11. The number of aromatic nitrogens is 4. The summed E-state index contributed by atoms with van der Waals surface area (Å²) < 4.78 is 35.0. The van der Waals surface area contributed by atoms with E-state index in [4.69, 9.17) is 9.88 Å². The molecule has 0 amide bonds. The summed E-state index contributed by atoms with van der Waals surface area (Å²) in [6, 6.07) is 1.58. The van der Waals surface area contributed by atoms with Crippen molar-refractivity contribution in [1.82, 2.24) is 19.5 Å². The summed E-state index contributed by atoms with van der Waals surface area (Å²) in [4.78, 5) is 27.0. The Kier molecular flexibility index (Phi) is 7.13. The molecule has 198 valence electrons. The number of nitrogens with zero attached hydrogens (tertiary/aromatic N) is 4. The second-order valence-electron chi connectivity index (χ2n) is 9.32. The summed E-state index contributed by atoms with van der Waals surface area (Å²) in [6.07, 6.45) is 2.43. The van der Waals surface area contributed by atoms with Crippen molar-refractivity contribution in [3.8, 4) is 0 Å². The van der Waals surface area contributed by atoms with Crippen molar-refractivity contribution < 1.29 is 27.2 Å². The first kappa shape index (κ1) is 25.9. The van der Waals surface area contributed by atoms with Crippen molar-refractivity contribution in [3.63, 3.8) is 0 Å². The van der Waals surface area contributed by atoms with E-state index in [1.807, 2.05) is 25.3 Å². The van der Waals surface area contributed by atoms with Gasteiger partial charge in [-0.05, 0) is 43.7 Å². The number of imidazole rings is 1. The van der Waals surface area contributed by atoms with Crippen molar-refractivity contribution in [2.24, 2.45) is 11.1 Å². The number of ketones is 1. The molecule has 12 nitrogen and oxygen atoms in total. The monoisotopic (exact) mass is 548 g/mol. The number of fused-ring (bicyclic) bond motifs is 1. The number of thiophene rings is 1. The largest absolute Gasteiger partial charge is 0.393 e. The van der Waals surface area contributed by atoms with E-state index in [1.165, 1.54) is 23.9 Å². The average Bonchev–Trinajstić information content (AvgIpc) is 3.55. The van der Waals surface area contributed by atoms with Gasteiger partial charge in [0.2, 0.25) is 5.78 Å². The highest BCUT2D eigenvalue weighted by Gasteiger charge is 2.35. The van der Waals surface area contributed by atoms with E-state index < -0.39 is 22.3 Å². The van der Waals surface area contributed by atoms with Crippen LogP contribution in [0.25, 0.3) is 0 Å². The van der Waals surface area contributed by atoms with Crippen molar-refractivity contribution in [3.05, 3.63) is 57.2 Å². The standard InChI is InChI=1S/C23H28N6O6S2/c1-12-13(2)29-3-4-34-21(23(29)27-12)15-6-19(36-10-15)20(31)17-8-25-11-26-22(17)28-16-5-14(18(30)7-16)9-35-37(24,32)33/h6,8,10-11,14,16,18,21,30H,3-5,7,9H2,1-2H3,(H2,24,32,33)(H,25,26,28)/t14-,16-,18+,21?/m1/s1. The molecular weight excluding hydrogens is 520 g/mol. The summed E-state index contributed by atoms with van der Waals surface area (Å²) in [5.74, 6) is 0.519. The summed E-state index contributed by atoms with van der Waals surface area (Å²) in [5.41, 5.74) is 3.24. The van der Waals surface area contributed by atoms with Crippen LogP contribution in [-0.4, -0.2) is 64.2 Å². The minimum atomic E-state index is -4.09. The highest BCUT2D eigenvalue weighted by atomic mass is 32.2. The highest BCUT2D eigenvalue weighted by Crippen LogP contribution is 2.34. The highest BCUT2D eigenvalue weighted by molar-refractivity contribution is 7.84. The van der Waals surface area contributed by atoms with E-state index in [0.717, 1.165) is 29.3 Å². The molecule has 4 heterocycles. The van der Waals surface area contributed by atoms with Crippen LogP contribution in [0.1, 0.15) is 57.0 Å². The molecule has 1 fully saturated rings. The number of nitrogens with one attached hydrogen (secondary N) is 1. The van der Waals surface area contributed by atoms with Crippen LogP contribution in [0.2, 0.25) is 0 Å². The predicted octanol–water partition coefficient (Wildman–Crippen LogP) is 1.47. The molecule has 14 heteroatoms.